The summed E-state index contributed by atoms with van der Waals surface area (Å²) in [4.78, 5) is 24.2. The van der Waals surface area contributed by atoms with Gasteiger partial charge in [0.15, 0.2) is 0 Å². The highest BCUT2D eigenvalue weighted by molar-refractivity contribution is 5.95. The highest BCUT2D eigenvalue weighted by atomic mass is 19.1. The second kappa shape index (κ2) is 8.12. The summed E-state index contributed by atoms with van der Waals surface area (Å²) in [6.07, 6.45) is 2.85. The van der Waals surface area contributed by atoms with Crippen LogP contribution in [-0.2, 0) is 11.2 Å². The fourth-order valence-electron chi connectivity index (χ4n) is 2.93. The maximum atomic E-state index is 13.1. The van der Waals surface area contributed by atoms with Crippen molar-refractivity contribution < 1.29 is 19.1 Å². The molecule has 26 heavy (non-hydrogen) atoms. The van der Waals surface area contributed by atoms with Crippen molar-refractivity contribution in [3.63, 3.8) is 0 Å². The van der Waals surface area contributed by atoms with Gasteiger partial charge in [-0.1, -0.05) is 20.8 Å². The maximum absolute atomic E-state index is 13.1. The Hall–Kier alpha value is -2.70. The average molecular weight is 361 g/mol. The van der Waals surface area contributed by atoms with E-state index in [1.165, 1.54) is 18.3 Å². The van der Waals surface area contributed by atoms with Gasteiger partial charge in [-0.2, -0.15) is 5.10 Å². The highest BCUT2D eigenvalue weighted by Crippen LogP contribution is 2.26. The summed E-state index contributed by atoms with van der Waals surface area (Å²) < 4.78 is 14.7. The van der Waals surface area contributed by atoms with E-state index in [0.29, 0.717) is 36.2 Å². The van der Waals surface area contributed by atoms with Crippen LogP contribution in [0.3, 0.4) is 0 Å². The molecule has 6 nitrogen and oxygen atoms in total. The second-order valence-electron chi connectivity index (χ2n) is 6.22. The zero-order valence-corrected chi connectivity index (χ0v) is 15.3. The number of carboxylic acids is 1. The minimum Gasteiger partial charge on any atom is -0.481 e. The van der Waals surface area contributed by atoms with E-state index in [-0.39, 0.29) is 18.3 Å². The molecule has 0 radical (unpaired) electrons. The number of nitrogens with zero attached hydrogens (tertiary/aromatic N) is 2. The molecule has 2 rings (SSSR count). The first-order valence-electron chi connectivity index (χ1n) is 8.73. The van der Waals surface area contributed by atoms with E-state index in [0.717, 1.165) is 0 Å². The molecule has 1 aromatic heterocycles. The third kappa shape index (κ3) is 3.76. The first-order chi connectivity index (χ1) is 12.4. The van der Waals surface area contributed by atoms with Crippen LogP contribution in [0.4, 0.5) is 4.39 Å². The highest BCUT2D eigenvalue weighted by Gasteiger charge is 2.35. The number of carbonyl (C=O) groups is 2. The zero-order chi connectivity index (χ0) is 19.3. The van der Waals surface area contributed by atoms with Crippen LogP contribution in [0.15, 0.2) is 30.5 Å². The van der Waals surface area contributed by atoms with Gasteiger partial charge in [0.2, 0.25) is 0 Å². The van der Waals surface area contributed by atoms with Gasteiger partial charge in [-0.25, -0.2) is 9.07 Å². The summed E-state index contributed by atoms with van der Waals surface area (Å²) in [6, 6.07) is 5.85. The molecule has 0 saturated heterocycles. The third-order valence-corrected chi connectivity index (χ3v) is 4.91. The van der Waals surface area contributed by atoms with E-state index in [2.05, 4.69) is 10.4 Å². The van der Waals surface area contributed by atoms with E-state index in [9.17, 15) is 19.1 Å². The molecular formula is C19H24FN3O3. The van der Waals surface area contributed by atoms with Gasteiger partial charge in [-0.15, -0.1) is 0 Å². The van der Waals surface area contributed by atoms with E-state index in [1.54, 1.807) is 30.7 Å². The summed E-state index contributed by atoms with van der Waals surface area (Å²) in [5, 5.41) is 16.5. The Morgan fingerprint density at radius 3 is 2.31 bits per heavy atom. The fraction of sp³-hybridized carbons (Fsp3) is 0.421. The minimum atomic E-state index is -0.977. The number of aromatic nitrogens is 2. The third-order valence-electron chi connectivity index (χ3n) is 4.91. The van der Waals surface area contributed by atoms with Crippen LogP contribution >= 0.6 is 0 Å². The topological polar surface area (TPSA) is 84.2 Å². The molecule has 1 aromatic carbocycles. The number of carboxylic acid groups (broad SMARTS) is 1. The molecule has 0 bridgehead atoms. The van der Waals surface area contributed by atoms with Crippen molar-refractivity contribution in [2.75, 3.05) is 6.54 Å². The Morgan fingerprint density at radius 2 is 1.81 bits per heavy atom. The number of aliphatic carboxylic acids is 1. The van der Waals surface area contributed by atoms with Crippen molar-refractivity contribution in [3.05, 3.63) is 47.5 Å². The van der Waals surface area contributed by atoms with Crippen molar-refractivity contribution in [1.29, 1.82) is 0 Å². The van der Waals surface area contributed by atoms with Crippen LogP contribution in [0.25, 0.3) is 5.69 Å². The van der Waals surface area contributed by atoms with Crippen molar-refractivity contribution in [1.82, 2.24) is 15.1 Å². The first-order valence-corrected chi connectivity index (χ1v) is 8.73. The van der Waals surface area contributed by atoms with E-state index >= 15 is 0 Å². The van der Waals surface area contributed by atoms with Gasteiger partial charge in [0.05, 0.1) is 28.6 Å². The molecule has 1 amide bonds. The van der Waals surface area contributed by atoms with Crippen LogP contribution in [0.1, 0.15) is 49.7 Å². The van der Waals surface area contributed by atoms with Gasteiger partial charge in [0.25, 0.3) is 5.91 Å². The molecule has 0 aliphatic rings. The quantitative estimate of drug-likeness (QED) is 0.756. The van der Waals surface area contributed by atoms with Gasteiger partial charge in [0.1, 0.15) is 5.82 Å². The first kappa shape index (κ1) is 19.6. The zero-order valence-electron chi connectivity index (χ0n) is 15.3. The van der Waals surface area contributed by atoms with E-state index in [1.807, 2.05) is 6.92 Å². The fourth-order valence-corrected chi connectivity index (χ4v) is 2.93. The van der Waals surface area contributed by atoms with Crippen LogP contribution in [-0.4, -0.2) is 33.3 Å². The number of benzene rings is 1. The monoisotopic (exact) mass is 361 g/mol. The molecular weight excluding hydrogens is 337 g/mol. The van der Waals surface area contributed by atoms with Gasteiger partial charge in [0, 0.05) is 6.54 Å². The average Bonchev–Trinajstić information content (AvgIpc) is 3.07. The number of hydrogen-bond acceptors (Lipinski definition) is 3. The van der Waals surface area contributed by atoms with Crippen LogP contribution in [0, 0.1) is 11.2 Å². The van der Waals surface area contributed by atoms with Gasteiger partial charge in [-0.05, 0) is 43.5 Å². The second-order valence-corrected chi connectivity index (χ2v) is 6.22. The van der Waals surface area contributed by atoms with Crippen LogP contribution in [0.2, 0.25) is 0 Å². The van der Waals surface area contributed by atoms with Crippen LogP contribution < -0.4 is 5.32 Å². The molecule has 2 aromatic rings. The number of rotatable bonds is 8. The Balaban J connectivity index is 2.25. The van der Waals surface area contributed by atoms with E-state index < -0.39 is 11.4 Å². The number of halogens is 1. The SMILES string of the molecule is CCc1c(C(=O)NCC(CC)(CC)C(=O)O)cnn1-c1ccc(F)cc1. The Labute approximate surface area is 152 Å². The predicted octanol–water partition coefficient (Wildman–Crippen LogP) is 3.19. The Morgan fingerprint density at radius 1 is 1.19 bits per heavy atom. The molecule has 0 fully saturated rings. The summed E-state index contributed by atoms with van der Waals surface area (Å²) in [5.41, 5.74) is 0.755. The molecule has 140 valence electrons. The Kier molecular flexibility index (Phi) is 6.13. The summed E-state index contributed by atoms with van der Waals surface area (Å²) in [6.45, 7) is 5.55. The lowest BCUT2D eigenvalue weighted by molar-refractivity contribution is -0.149. The molecule has 7 heteroatoms. The lowest BCUT2D eigenvalue weighted by atomic mass is 9.82. The number of hydrogen-bond donors (Lipinski definition) is 2. The molecule has 0 saturated carbocycles. The van der Waals surface area contributed by atoms with Crippen LogP contribution in [0.5, 0.6) is 0 Å². The van der Waals surface area contributed by atoms with E-state index in [4.69, 9.17) is 0 Å². The summed E-state index contributed by atoms with van der Waals surface area (Å²) in [7, 11) is 0. The lowest BCUT2D eigenvalue weighted by Gasteiger charge is -2.26. The maximum Gasteiger partial charge on any atom is 0.311 e. The minimum absolute atomic E-state index is 0.0546. The standard InChI is InChI=1S/C19H24FN3O3/c1-4-16-15(11-22-23(16)14-9-7-13(20)8-10-14)17(24)21-12-19(5-2,6-3)18(25)26/h7-11H,4-6,12H2,1-3H3,(H,21,24)(H,25,26). The summed E-state index contributed by atoms with van der Waals surface area (Å²) in [5.74, 6) is -1.62. The largest absolute Gasteiger partial charge is 0.481 e. The molecule has 0 aliphatic carbocycles. The molecule has 0 aliphatic heterocycles. The van der Waals surface area contributed by atoms with Crippen molar-refractivity contribution in [2.45, 2.75) is 40.0 Å². The van der Waals surface area contributed by atoms with Crippen molar-refractivity contribution in [2.24, 2.45) is 5.41 Å². The van der Waals surface area contributed by atoms with Gasteiger partial charge >= 0.3 is 5.97 Å². The molecule has 2 N–H and O–H groups in total. The van der Waals surface area contributed by atoms with Gasteiger partial charge in [-0.3, -0.25) is 9.59 Å². The molecule has 0 spiro atoms. The molecule has 0 atom stereocenters. The predicted molar refractivity (Wildman–Crippen MR) is 95.9 cm³/mol. The number of carbonyl (C=O) groups excluding carboxylic acids is 1. The number of nitrogens with one attached hydrogen (secondary N) is 1. The smallest absolute Gasteiger partial charge is 0.311 e. The van der Waals surface area contributed by atoms with Crippen molar-refractivity contribution >= 4 is 11.9 Å². The molecule has 0 unspecified atom stereocenters. The Bertz CT molecular complexity index is 780. The van der Waals surface area contributed by atoms with Crippen molar-refractivity contribution in [3.8, 4) is 5.69 Å². The summed E-state index contributed by atoms with van der Waals surface area (Å²) >= 11 is 0. The normalized spacial score (nSPS) is 11.4. The number of amides is 1. The lowest BCUT2D eigenvalue weighted by Crippen LogP contribution is -2.42. The van der Waals surface area contributed by atoms with Gasteiger partial charge < -0.3 is 10.4 Å². The molecule has 1 heterocycles.